The van der Waals surface area contributed by atoms with E-state index in [1.54, 1.807) is 0 Å². The fraction of sp³-hybridized carbons (Fsp3) is 0.258. The third-order valence-corrected chi connectivity index (χ3v) is 13.3. The van der Waals surface area contributed by atoms with Crippen molar-refractivity contribution in [1.29, 1.82) is 0 Å². The number of Topliss-reactive ketones (excluding diaryl/α,β-unsaturated/α-hetero) is 1. The molecule has 4 atom stereocenters. The lowest BCUT2D eigenvalue weighted by Gasteiger charge is -2.47. The Labute approximate surface area is 197 Å². The molecule has 1 saturated carbocycles. The summed E-state index contributed by atoms with van der Waals surface area (Å²) in [6.07, 6.45) is 4.70. The maximum atomic E-state index is 14.6. The van der Waals surface area contributed by atoms with Crippen molar-refractivity contribution in [2.45, 2.75) is 32.5 Å². The van der Waals surface area contributed by atoms with Gasteiger partial charge in [0.05, 0.1) is 18.9 Å². The Hall–Kier alpha value is -2.97. The second-order valence-electron chi connectivity index (χ2n) is 10.9. The number of benzene rings is 3. The van der Waals surface area contributed by atoms with E-state index in [0.717, 1.165) is 0 Å². The second kappa shape index (κ2) is 6.77. The third kappa shape index (κ3) is 2.45. The van der Waals surface area contributed by atoms with Crippen LogP contribution in [0.25, 0.3) is 17.2 Å². The highest BCUT2D eigenvalue weighted by atomic mass is 28.3. The van der Waals surface area contributed by atoms with E-state index < -0.39 is 18.9 Å². The quantitative estimate of drug-likeness (QED) is 0.394. The number of rotatable bonds is 2. The van der Waals surface area contributed by atoms with Crippen LogP contribution in [-0.2, 0) is 4.79 Å². The fourth-order valence-corrected chi connectivity index (χ4v) is 12.6. The molecule has 0 spiro atoms. The minimum atomic E-state index is -2.03. The Morgan fingerprint density at radius 2 is 1.21 bits per heavy atom. The molecular formula is C31H30OSi. The molecule has 3 aromatic rings. The van der Waals surface area contributed by atoms with Crippen molar-refractivity contribution in [2.75, 3.05) is 0 Å². The lowest BCUT2D eigenvalue weighted by molar-refractivity contribution is -0.127. The summed E-state index contributed by atoms with van der Waals surface area (Å²) in [4.78, 5) is 14.6. The highest BCUT2D eigenvalue weighted by Crippen LogP contribution is 2.76. The number of carbonyl (C=O) groups excluding carboxylic acids is 1. The highest BCUT2D eigenvalue weighted by molar-refractivity contribution is 6.92. The van der Waals surface area contributed by atoms with Crippen LogP contribution in [0.5, 0.6) is 0 Å². The largest absolute Gasteiger partial charge is 0.298 e. The predicted molar refractivity (Wildman–Crippen MR) is 141 cm³/mol. The molecule has 2 aliphatic carbocycles. The Kier molecular flexibility index (Phi) is 4.23. The van der Waals surface area contributed by atoms with E-state index in [4.69, 9.17) is 0 Å². The molecule has 1 aliphatic heterocycles. The van der Waals surface area contributed by atoms with E-state index in [2.05, 4.69) is 124 Å². The summed E-state index contributed by atoms with van der Waals surface area (Å²) in [6.45, 7) is 9.49. The highest BCUT2D eigenvalue weighted by Gasteiger charge is 2.74. The molecule has 0 N–H and O–H groups in total. The van der Waals surface area contributed by atoms with Crippen molar-refractivity contribution >= 4 is 36.3 Å². The van der Waals surface area contributed by atoms with Crippen LogP contribution in [0.15, 0.2) is 91.0 Å². The van der Waals surface area contributed by atoms with E-state index in [1.807, 2.05) is 0 Å². The zero-order valence-corrected chi connectivity index (χ0v) is 20.8. The van der Waals surface area contributed by atoms with Crippen molar-refractivity contribution in [1.82, 2.24) is 0 Å². The van der Waals surface area contributed by atoms with Crippen molar-refractivity contribution in [3.8, 4) is 0 Å². The summed E-state index contributed by atoms with van der Waals surface area (Å²) in [5, 5.41) is 1.48. The third-order valence-electron chi connectivity index (χ3n) is 8.92. The van der Waals surface area contributed by atoms with Crippen molar-refractivity contribution in [3.63, 3.8) is 0 Å². The van der Waals surface area contributed by atoms with Crippen LogP contribution < -0.4 is 5.19 Å². The molecule has 1 heterocycles. The molecule has 1 nitrogen and oxygen atoms in total. The molecule has 2 heteroatoms. The van der Waals surface area contributed by atoms with Gasteiger partial charge in [-0.15, -0.1) is 0 Å². The van der Waals surface area contributed by atoms with Crippen LogP contribution in [0.1, 0.15) is 30.5 Å². The van der Waals surface area contributed by atoms with Gasteiger partial charge >= 0.3 is 0 Å². The zero-order valence-electron chi connectivity index (χ0n) is 19.8. The summed E-state index contributed by atoms with van der Waals surface area (Å²) in [6, 6.07) is 30.2. The standard InChI is InChI=1S/C31H30OSi/c1-30-24-20-19-21-13-11-12-18-25(21)33(3,4)28(24)31(2,29(30)32)27(23-16-9-6-10-17-23)26(30)22-14-7-5-8-15-22/h5-20,24,28H,1-4H3/t24?,28?,30-,31-/m0/s1. The molecule has 3 aliphatic rings. The van der Waals surface area contributed by atoms with E-state index in [1.165, 1.54) is 33.0 Å². The molecule has 3 aromatic carbocycles. The van der Waals surface area contributed by atoms with Gasteiger partial charge in [-0.1, -0.05) is 115 Å². The summed E-state index contributed by atoms with van der Waals surface area (Å²) in [5.41, 5.74) is 5.48. The zero-order chi connectivity index (χ0) is 23.0. The maximum absolute atomic E-state index is 14.6. The maximum Gasteiger partial charge on any atom is 0.154 e. The number of hydrogen-bond acceptors (Lipinski definition) is 1. The van der Waals surface area contributed by atoms with Crippen LogP contribution in [0.2, 0.25) is 18.6 Å². The topological polar surface area (TPSA) is 17.1 Å². The Morgan fingerprint density at radius 1 is 0.697 bits per heavy atom. The molecule has 0 radical (unpaired) electrons. The van der Waals surface area contributed by atoms with E-state index in [9.17, 15) is 4.79 Å². The molecule has 0 amide bonds. The number of fused-ring (bicyclic) bond motifs is 6. The van der Waals surface area contributed by atoms with Gasteiger partial charge < -0.3 is 0 Å². The number of ketones is 1. The number of hydrogen-bond donors (Lipinski definition) is 0. The smallest absolute Gasteiger partial charge is 0.154 e. The van der Waals surface area contributed by atoms with Crippen molar-refractivity contribution < 1.29 is 4.79 Å². The number of allylic oxidation sites excluding steroid dienone is 3. The van der Waals surface area contributed by atoms with Crippen LogP contribution >= 0.6 is 0 Å². The van der Waals surface area contributed by atoms with Crippen LogP contribution in [-0.4, -0.2) is 13.9 Å². The minimum Gasteiger partial charge on any atom is -0.298 e. The summed E-state index contributed by atoms with van der Waals surface area (Å²) >= 11 is 0. The Bertz CT molecular complexity index is 1330. The fourth-order valence-electron chi connectivity index (χ4n) is 7.77. The molecule has 2 unspecified atom stereocenters. The molecule has 1 fully saturated rings. The monoisotopic (exact) mass is 446 g/mol. The van der Waals surface area contributed by atoms with Gasteiger partial charge in [0.25, 0.3) is 0 Å². The molecule has 6 rings (SSSR count). The molecular weight excluding hydrogens is 416 g/mol. The van der Waals surface area contributed by atoms with Gasteiger partial charge in [0, 0.05) is 0 Å². The molecule has 33 heavy (non-hydrogen) atoms. The molecule has 0 aromatic heterocycles. The van der Waals surface area contributed by atoms with Gasteiger partial charge in [0.15, 0.2) is 5.78 Å². The van der Waals surface area contributed by atoms with Crippen molar-refractivity contribution in [3.05, 3.63) is 108 Å². The Balaban J connectivity index is 1.72. The minimum absolute atomic E-state index is 0.201. The average Bonchev–Trinajstić information content (AvgIpc) is 3.05. The lowest BCUT2D eigenvalue weighted by Crippen LogP contribution is -2.53. The Morgan fingerprint density at radius 3 is 1.82 bits per heavy atom. The summed E-state index contributed by atoms with van der Waals surface area (Å²) in [5.74, 6) is 0.610. The molecule has 164 valence electrons. The first-order valence-corrected chi connectivity index (χ1v) is 15.1. The average molecular weight is 447 g/mol. The first-order chi connectivity index (χ1) is 15.8. The summed E-state index contributed by atoms with van der Waals surface area (Å²) in [7, 11) is -2.03. The summed E-state index contributed by atoms with van der Waals surface area (Å²) < 4.78 is 0. The van der Waals surface area contributed by atoms with Crippen LogP contribution in [0, 0.1) is 16.7 Å². The van der Waals surface area contributed by atoms with Gasteiger partial charge in [0.2, 0.25) is 0 Å². The number of carbonyl (C=O) groups is 1. The SMILES string of the molecule is C[C@@]12C(=O)[C@@](C)(C(c3ccccc3)=C1c1ccccc1)C1C2C=Cc2ccccc2[Si]1(C)C. The van der Waals surface area contributed by atoms with Crippen LogP contribution in [0.4, 0.5) is 0 Å². The van der Waals surface area contributed by atoms with Gasteiger partial charge in [-0.25, -0.2) is 0 Å². The van der Waals surface area contributed by atoms with Gasteiger partial charge in [0.1, 0.15) is 0 Å². The second-order valence-corrected chi connectivity index (χ2v) is 15.5. The van der Waals surface area contributed by atoms with Crippen LogP contribution in [0.3, 0.4) is 0 Å². The van der Waals surface area contributed by atoms with Gasteiger partial charge in [-0.2, -0.15) is 0 Å². The first-order valence-electron chi connectivity index (χ1n) is 12.0. The van der Waals surface area contributed by atoms with Gasteiger partial charge in [-0.05, 0) is 53.1 Å². The van der Waals surface area contributed by atoms with E-state index in [-0.39, 0.29) is 5.92 Å². The van der Waals surface area contributed by atoms with Crippen molar-refractivity contribution in [2.24, 2.45) is 16.7 Å². The predicted octanol–water partition coefficient (Wildman–Crippen LogP) is 6.84. The lowest BCUT2D eigenvalue weighted by atomic mass is 9.67. The van der Waals surface area contributed by atoms with E-state index in [0.29, 0.717) is 11.3 Å². The van der Waals surface area contributed by atoms with Gasteiger partial charge in [-0.3, -0.25) is 4.79 Å². The van der Waals surface area contributed by atoms with E-state index >= 15 is 0 Å². The normalized spacial score (nSPS) is 31.3. The first kappa shape index (κ1) is 20.6. The molecule has 2 bridgehead atoms. The molecule has 0 saturated heterocycles.